The van der Waals surface area contributed by atoms with E-state index < -0.39 is 0 Å². The highest BCUT2D eigenvalue weighted by Crippen LogP contribution is 2.18. The first-order valence-electron chi connectivity index (χ1n) is 6.29. The zero-order valence-electron chi connectivity index (χ0n) is 11.2. The van der Waals surface area contributed by atoms with Crippen LogP contribution in [0.2, 0.25) is 0 Å². The fourth-order valence-electron chi connectivity index (χ4n) is 1.25. The van der Waals surface area contributed by atoms with E-state index in [0.717, 1.165) is 12.8 Å². The molecule has 1 unspecified atom stereocenters. The van der Waals surface area contributed by atoms with E-state index >= 15 is 0 Å². The number of aliphatic imine (C=N–C) groups is 1. The van der Waals surface area contributed by atoms with E-state index in [9.17, 15) is 4.79 Å². The minimum absolute atomic E-state index is 0.0349. The van der Waals surface area contributed by atoms with Gasteiger partial charge in [0.1, 0.15) is 0 Å². The molecule has 1 amide bonds. The van der Waals surface area contributed by atoms with Crippen LogP contribution in [-0.4, -0.2) is 37.5 Å². The molecule has 0 aromatic rings. The minimum Gasteiger partial charge on any atom is -0.354 e. The molecule has 1 atom stereocenters. The number of nitrogens with one attached hydrogen (secondary N) is 3. The Labute approximate surface area is 103 Å². The summed E-state index contributed by atoms with van der Waals surface area (Å²) in [7, 11) is 1.71. The minimum atomic E-state index is 0.0349. The Balaban J connectivity index is 2.24. The zero-order valence-corrected chi connectivity index (χ0v) is 11.2. The molecule has 0 spiro atoms. The van der Waals surface area contributed by atoms with Crippen molar-refractivity contribution in [2.45, 2.75) is 45.7 Å². The second-order valence-corrected chi connectivity index (χ2v) is 4.94. The first-order chi connectivity index (χ1) is 8.02. The fraction of sp³-hybridized carbons (Fsp3) is 0.833. The highest BCUT2D eigenvalue weighted by atomic mass is 16.2. The highest BCUT2D eigenvalue weighted by molar-refractivity contribution is 5.86. The maximum Gasteiger partial charge on any atom is 0.239 e. The van der Waals surface area contributed by atoms with Gasteiger partial charge < -0.3 is 16.0 Å². The van der Waals surface area contributed by atoms with Crippen LogP contribution in [-0.2, 0) is 4.79 Å². The predicted molar refractivity (Wildman–Crippen MR) is 70.0 cm³/mol. The van der Waals surface area contributed by atoms with Gasteiger partial charge in [0.2, 0.25) is 5.91 Å². The number of carbonyl (C=O) groups is 1. The van der Waals surface area contributed by atoms with Gasteiger partial charge in [-0.1, -0.05) is 13.8 Å². The molecule has 1 fully saturated rings. The Bertz CT molecular complexity index is 284. The van der Waals surface area contributed by atoms with Crippen molar-refractivity contribution in [2.24, 2.45) is 10.9 Å². The molecule has 0 aliphatic heterocycles. The van der Waals surface area contributed by atoms with Gasteiger partial charge >= 0.3 is 0 Å². The number of hydrogen-bond acceptors (Lipinski definition) is 2. The second kappa shape index (κ2) is 6.47. The normalized spacial score (nSPS) is 17.8. The molecule has 0 saturated heterocycles. The Kier molecular flexibility index (Phi) is 5.25. The molecule has 0 bridgehead atoms. The van der Waals surface area contributed by atoms with Crippen molar-refractivity contribution in [1.82, 2.24) is 16.0 Å². The largest absolute Gasteiger partial charge is 0.354 e. The van der Waals surface area contributed by atoms with Crippen LogP contribution in [0, 0.1) is 5.92 Å². The number of carbonyl (C=O) groups excluding carboxylic acids is 1. The summed E-state index contributed by atoms with van der Waals surface area (Å²) in [5.74, 6) is 1.23. The SMILES string of the molecule is CN=C(NCC(=O)NC1CC1)NC(C)C(C)C. The molecule has 5 heteroatoms. The van der Waals surface area contributed by atoms with Gasteiger partial charge in [0.05, 0.1) is 6.54 Å². The number of hydrogen-bond donors (Lipinski definition) is 3. The van der Waals surface area contributed by atoms with Crippen molar-refractivity contribution < 1.29 is 4.79 Å². The third kappa shape index (κ3) is 5.56. The quantitative estimate of drug-likeness (QED) is 0.483. The summed E-state index contributed by atoms with van der Waals surface area (Å²) in [6, 6.07) is 0.738. The van der Waals surface area contributed by atoms with Gasteiger partial charge in [-0.05, 0) is 25.7 Å². The lowest BCUT2D eigenvalue weighted by molar-refractivity contribution is -0.120. The molecule has 3 N–H and O–H groups in total. The molecule has 0 aromatic carbocycles. The molecule has 0 radical (unpaired) electrons. The molecule has 5 nitrogen and oxygen atoms in total. The van der Waals surface area contributed by atoms with E-state index in [0.29, 0.717) is 24.0 Å². The van der Waals surface area contributed by atoms with Crippen molar-refractivity contribution in [3.8, 4) is 0 Å². The topological polar surface area (TPSA) is 65.5 Å². The molecule has 0 heterocycles. The van der Waals surface area contributed by atoms with Gasteiger partial charge in [-0.25, -0.2) is 0 Å². The van der Waals surface area contributed by atoms with Crippen LogP contribution in [0.3, 0.4) is 0 Å². The monoisotopic (exact) mass is 240 g/mol. The van der Waals surface area contributed by atoms with Crippen molar-refractivity contribution >= 4 is 11.9 Å². The average molecular weight is 240 g/mol. The number of guanidine groups is 1. The van der Waals surface area contributed by atoms with Gasteiger partial charge in [0, 0.05) is 19.1 Å². The Morgan fingerprint density at radius 2 is 2.00 bits per heavy atom. The van der Waals surface area contributed by atoms with Gasteiger partial charge in [-0.3, -0.25) is 9.79 Å². The molecule has 17 heavy (non-hydrogen) atoms. The smallest absolute Gasteiger partial charge is 0.239 e. The zero-order chi connectivity index (χ0) is 12.8. The van der Waals surface area contributed by atoms with Gasteiger partial charge in [0.25, 0.3) is 0 Å². The maximum absolute atomic E-state index is 11.5. The summed E-state index contributed by atoms with van der Waals surface area (Å²) >= 11 is 0. The Morgan fingerprint density at radius 3 is 2.47 bits per heavy atom. The van der Waals surface area contributed by atoms with E-state index in [1.54, 1.807) is 7.05 Å². The first-order valence-corrected chi connectivity index (χ1v) is 6.29. The lowest BCUT2D eigenvalue weighted by atomic mass is 10.1. The number of amides is 1. The van der Waals surface area contributed by atoms with Crippen LogP contribution in [0.1, 0.15) is 33.6 Å². The standard InChI is InChI=1S/C12H24N4O/c1-8(2)9(3)15-12(13-4)14-7-11(17)16-10-5-6-10/h8-10H,5-7H2,1-4H3,(H,16,17)(H2,13,14,15). The number of rotatable bonds is 5. The summed E-state index contributed by atoms with van der Waals surface area (Å²) in [6.07, 6.45) is 2.23. The summed E-state index contributed by atoms with van der Waals surface area (Å²) in [4.78, 5) is 15.6. The van der Waals surface area contributed by atoms with E-state index in [2.05, 4.69) is 41.7 Å². The van der Waals surface area contributed by atoms with E-state index in [1.807, 2.05) is 0 Å². The third-order valence-corrected chi connectivity index (χ3v) is 2.95. The van der Waals surface area contributed by atoms with Gasteiger partial charge in [0.15, 0.2) is 5.96 Å². The highest BCUT2D eigenvalue weighted by Gasteiger charge is 2.23. The van der Waals surface area contributed by atoms with Gasteiger partial charge in [-0.15, -0.1) is 0 Å². The molecule has 1 saturated carbocycles. The molecule has 1 aliphatic rings. The summed E-state index contributed by atoms with van der Waals surface area (Å²) in [5.41, 5.74) is 0. The average Bonchev–Trinajstić information content (AvgIpc) is 3.07. The van der Waals surface area contributed by atoms with Crippen molar-refractivity contribution in [1.29, 1.82) is 0 Å². The summed E-state index contributed by atoms with van der Waals surface area (Å²) in [5, 5.41) is 9.19. The second-order valence-electron chi connectivity index (χ2n) is 4.94. The number of nitrogens with zero attached hydrogens (tertiary/aromatic N) is 1. The summed E-state index contributed by atoms with van der Waals surface area (Å²) < 4.78 is 0. The molecule has 1 aliphatic carbocycles. The van der Waals surface area contributed by atoms with Crippen LogP contribution in [0.25, 0.3) is 0 Å². The van der Waals surface area contributed by atoms with Crippen molar-refractivity contribution in [3.05, 3.63) is 0 Å². The molecular formula is C12H24N4O. The molecule has 98 valence electrons. The lowest BCUT2D eigenvalue weighted by Crippen LogP contribution is -2.47. The van der Waals surface area contributed by atoms with E-state index in [-0.39, 0.29) is 12.5 Å². The molecule has 1 rings (SSSR count). The van der Waals surface area contributed by atoms with Crippen LogP contribution < -0.4 is 16.0 Å². The lowest BCUT2D eigenvalue weighted by Gasteiger charge is -2.20. The predicted octanol–water partition coefficient (Wildman–Crippen LogP) is 0.475. The van der Waals surface area contributed by atoms with Crippen molar-refractivity contribution in [2.75, 3.05) is 13.6 Å². The van der Waals surface area contributed by atoms with Crippen LogP contribution in [0.15, 0.2) is 4.99 Å². The van der Waals surface area contributed by atoms with Crippen LogP contribution in [0.5, 0.6) is 0 Å². The first kappa shape index (κ1) is 13.8. The van der Waals surface area contributed by atoms with Crippen molar-refractivity contribution in [3.63, 3.8) is 0 Å². The Hall–Kier alpha value is -1.26. The molecular weight excluding hydrogens is 216 g/mol. The third-order valence-electron chi connectivity index (χ3n) is 2.95. The maximum atomic E-state index is 11.5. The van der Waals surface area contributed by atoms with E-state index in [1.165, 1.54) is 0 Å². The fourth-order valence-corrected chi connectivity index (χ4v) is 1.25. The summed E-state index contributed by atoms with van der Waals surface area (Å²) in [6.45, 7) is 6.66. The molecule has 0 aromatic heterocycles. The van der Waals surface area contributed by atoms with E-state index in [4.69, 9.17) is 0 Å². The van der Waals surface area contributed by atoms with Crippen LogP contribution in [0.4, 0.5) is 0 Å². The Morgan fingerprint density at radius 1 is 1.35 bits per heavy atom. The van der Waals surface area contributed by atoms with Gasteiger partial charge in [-0.2, -0.15) is 0 Å². The van der Waals surface area contributed by atoms with Crippen LogP contribution >= 0.6 is 0 Å².